The fourth-order valence-electron chi connectivity index (χ4n) is 1.57. The van der Waals surface area contributed by atoms with Gasteiger partial charge in [-0.15, -0.1) is 0 Å². The maximum absolute atomic E-state index is 10.6. The standard InChI is InChI=1S/C15H9BrCl2O3/c16-12-7-10(17)4-5-13(12)21-14-8-11(18)3-1-9(14)2-6-15(19)20/h1-8H,(H,19,20)/b6-2+. The van der Waals surface area contributed by atoms with E-state index in [1.807, 2.05) is 0 Å². The maximum atomic E-state index is 10.6. The van der Waals surface area contributed by atoms with Gasteiger partial charge >= 0.3 is 5.97 Å². The third-order valence-electron chi connectivity index (χ3n) is 2.49. The molecule has 0 spiro atoms. The van der Waals surface area contributed by atoms with Crippen LogP contribution in [-0.2, 0) is 4.79 Å². The minimum Gasteiger partial charge on any atom is -0.478 e. The van der Waals surface area contributed by atoms with E-state index in [0.29, 0.717) is 31.6 Å². The molecule has 0 fully saturated rings. The zero-order valence-electron chi connectivity index (χ0n) is 10.5. The highest BCUT2D eigenvalue weighted by molar-refractivity contribution is 9.10. The summed E-state index contributed by atoms with van der Waals surface area (Å²) in [6.45, 7) is 0. The molecule has 0 aliphatic rings. The minimum absolute atomic E-state index is 0.447. The van der Waals surface area contributed by atoms with Gasteiger partial charge < -0.3 is 9.84 Å². The third-order valence-corrected chi connectivity index (χ3v) is 3.58. The van der Waals surface area contributed by atoms with Crippen LogP contribution in [0.25, 0.3) is 6.08 Å². The minimum atomic E-state index is -1.04. The number of halogens is 3. The molecule has 0 atom stereocenters. The first kappa shape index (κ1) is 15.9. The van der Waals surface area contributed by atoms with Crippen LogP contribution < -0.4 is 4.74 Å². The van der Waals surface area contributed by atoms with E-state index in [4.69, 9.17) is 33.0 Å². The Labute approximate surface area is 139 Å². The highest BCUT2D eigenvalue weighted by atomic mass is 79.9. The zero-order valence-corrected chi connectivity index (χ0v) is 13.6. The van der Waals surface area contributed by atoms with Gasteiger partial charge in [-0.3, -0.25) is 0 Å². The molecule has 6 heteroatoms. The molecule has 0 aliphatic heterocycles. The molecule has 0 amide bonds. The van der Waals surface area contributed by atoms with Crippen molar-refractivity contribution in [3.8, 4) is 11.5 Å². The van der Waals surface area contributed by atoms with E-state index in [0.717, 1.165) is 6.08 Å². The maximum Gasteiger partial charge on any atom is 0.328 e. The summed E-state index contributed by atoms with van der Waals surface area (Å²) in [5.74, 6) is -0.0433. The lowest BCUT2D eigenvalue weighted by atomic mass is 10.2. The van der Waals surface area contributed by atoms with E-state index in [1.165, 1.54) is 6.08 Å². The Bertz CT molecular complexity index is 714. The Hall–Kier alpha value is -1.49. The Balaban J connectivity index is 2.38. The van der Waals surface area contributed by atoms with Gasteiger partial charge in [-0.2, -0.15) is 0 Å². The van der Waals surface area contributed by atoms with Gasteiger partial charge in [0.1, 0.15) is 11.5 Å². The smallest absolute Gasteiger partial charge is 0.328 e. The molecule has 0 saturated heterocycles. The Morgan fingerprint density at radius 3 is 2.43 bits per heavy atom. The molecule has 2 aromatic carbocycles. The molecule has 0 radical (unpaired) electrons. The molecule has 3 nitrogen and oxygen atoms in total. The normalized spacial score (nSPS) is 10.8. The number of hydrogen-bond donors (Lipinski definition) is 1. The topological polar surface area (TPSA) is 46.5 Å². The van der Waals surface area contributed by atoms with Crippen LogP contribution in [0, 0.1) is 0 Å². The average molecular weight is 388 g/mol. The first-order valence-corrected chi connectivity index (χ1v) is 7.34. The second-order valence-corrected chi connectivity index (χ2v) is 5.76. The number of carboxylic acid groups (broad SMARTS) is 1. The lowest BCUT2D eigenvalue weighted by Gasteiger charge is -2.11. The van der Waals surface area contributed by atoms with Crippen molar-refractivity contribution in [3.63, 3.8) is 0 Å². The molecular weight excluding hydrogens is 379 g/mol. The number of rotatable bonds is 4. The number of carboxylic acids is 1. The zero-order chi connectivity index (χ0) is 15.4. The van der Waals surface area contributed by atoms with Crippen molar-refractivity contribution < 1.29 is 14.6 Å². The second-order valence-electron chi connectivity index (χ2n) is 4.03. The van der Waals surface area contributed by atoms with Gasteiger partial charge in [0.25, 0.3) is 0 Å². The summed E-state index contributed by atoms with van der Waals surface area (Å²) in [6, 6.07) is 10.1. The molecule has 0 unspecified atom stereocenters. The van der Waals surface area contributed by atoms with Crippen molar-refractivity contribution in [2.24, 2.45) is 0 Å². The lowest BCUT2D eigenvalue weighted by molar-refractivity contribution is -0.131. The van der Waals surface area contributed by atoms with Gasteiger partial charge in [0.05, 0.1) is 4.47 Å². The molecule has 2 aromatic rings. The van der Waals surface area contributed by atoms with E-state index in [-0.39, 0.29) is 0 Å². The largest absolute Gasteiger partial charge is 0.478 e. The quantitative estimate of drug-likeness (QED) is 0.690. The average Bonchev–Trinajstić information content (AvgIpc) is 2.41. The Kier molecular flexibility index (Phi) is 5.28. The predicted molar refractivity (Wildman–Crippen MR) is 87.3 cm³/mol. The summed E-state index contributed by atoms with van der Waals surface area (Å²) in [7, 11) is 0. The number of ether oxygens (including phenoxy) is 1. The molecule has 0 bridgehead atoms. The summed E-state index contributed by atoms with van der Waals surface area (Å²) in [6.07, 6.45) is 2.48. The van der Waals surface area contributed by atoms with Crippen LogP contribution in [-0.4, -0.2) is 11.1 Å². The molecule has 21 heavy (non-hydrogen) atoms. The van der Waals surface area contributed by atoms with Crippen molar-refractivity contribution >= 4 is 51.2 Å². The summed E-state index contributed by atoms with van der Waals surface area (Å²) >= 11 is 15.2. The fourth-order valence-corrected chi connectivity index (χ4v) is 2.50. The molecule has 0 aromatic heterocycles. The number of carbonyl (C=O) groups is 1. The van der Waals surface area contributed by atoms with Gasteiger partial charge in [0.15, 0.2) is 0 Å². The molecule has 2 rings (SSSR count). The Morgan fingerprint density at radius 1 is 1.10 bits per heavy atom. The summed E-state index contributed by atoms with van der Waals surface area (Å²) < 4.78 is 6.46. The molecular formula is C15H9BrCl2O3. The van der Waals surface area contributed by atoms with Crippen molar-refractivity contribution in [2.45, 2.75) is 0 Å². The van der Waals surface area contributed by atoms with Crippen LogP contribution in [0.1, 0.15) is 5.56 Å². The summed E-state index contributed by atoms with van der Waals surface area (Å²) in [5, 5.41) is 9.77. The van der Waals surface area contributed by atoms with Crippen molar-refractivity contribution in [2.75, 3.05) is 0 Å². The van der Waals surface area contributed by atoms with E-state index in [2.05, 4.69) is 15.9 Å². The SMILES string of the molecule is O=C(O)/C=C/c1ccc(Cl)cc1Oc1ccc(Cl)cc1Br. The lowest BCUT2D eigenvalue weighted by Crippen LogP contribution is -1.90. The van der Waals surface area contributed by atoms with Crippen LogP contribution in [0.15, 0.2) is 46.9 Å². The molecule has 0 saturated carbocycles. The van der Waals surface area contributed by atoms with Crippen LogP contribution in [0.4, 0.5) is 0 Å². The second kappa shape index (κ2) is 6.98. The number of hydrogen-bond acceptors (Lipinski definition) is 2. The van der Waals surface area contributed by atoms with Crippen molar-refractivity contribution in [1.29, 1.82) is 0 Å². The first-order chi connectivity index (χ1) is 9.95. The van der Waals surface area contributed by atoms with Crippen LogP contribution in [0.5, 0.6) is 11.5 Å². The molecule has 0 heterocycles. The van der Waals surface area contributed by atoms with E-state index < -0.39 is 5.97 Å². The first-order valence-electron chi connectivity index (χ1n) is 5.79. The highest BCUT2D eigenvalue weighted by Gasteiger charge is 2.08. The van der Waals surface area contributed by atoms with Gasteiger partial charge in [-0.1, -0.05) is 23.2 Å². The molecule has 1 N–H and O–H groups in total. The van der Waals surface area contributed by atoms with Crippen molar-refractivity contribution in [3.05, 3.63) is 62.6 Å². The van der Waals surface area contributed by atoms with E-state index in [9.17, 15) is 4.79 Å². The predicted octanol–water partition coefficient (Wildman–Crippen LogP) is 5.65. The van der Waals surface area contributed by atoms with Crippen molar-refractivity contribution in [1.82, 2.24) is 0 Å². The highest BCUT2D eigenvalue weighted by Crippen LogP contribution is 2.35. The summed E-state index contributed by atoms with van der Waals surface area (Å²) in [4.78, 5) is 10.6. The van der Waals surface area contributed by atoms with Gasteiger partial charge in [0, 0.05) is 27.8 Å². The van der Waals surface area contributed by atoms with Crippen LogP contribution in [0.3, 0.4) is 0 Å². The van der Waals surface area contributed by atoms with E-state index >= 15 is 0 Å². The number of benzene rings is 2. The monoisotopic (exact) mass is 386 g/mol. The van der Waals surface area contributed by atoms with E-state index in [1.54, 1.807) is 36.4 Å². The van der Waals surface area contributed by atoms with Crippen LogP contribution >= 0.6 is 39.1 Å². The Morgan fingerprint density at radius 2 is 1.76 bits per heavy atom. The van der Waals surface area contributed by atoms with Gasteiger partial charge in [-0.25, -0.2) is 4.79 Å². The molecule has 108 valence electrons. The van der Waals surface area contributed by atoms with Gasteiger partial charge in [0.2, 0.25) is 0 Å². The third kappa shape index (κ3) is 4.49. The number of aliphatic carboxylic acids is 1. The molecule has 0 aliphatic carbocycles. The van der Waals surface area contributed by atoms with Crippen LogP contribution in [0.2, 0.25) is 10.0 Å². The van der Waals surface area contributed by atoms with Gasteiger partial charge in [-0.05, 0) is 52.3 Å². The summed E-state index contributed by atoms with van der Waals surface area (Å²) in [5.41, 5.74) is 0.601. The fraction of sp³-hybridized carbons (Fsp3) is 0.